The van der Waals surface area contributed by atoms with Crippen molar-refractivity contribution in [3.8, 4) is 0 Å². The van der Waals surface area contributed by atoms with Gasteiger partial charge in [0.05, 0.1) is 6.61 Å². The zero-order valence-electron chi connectivity index (χ0n) is 10.2. The van der Waals surface area contributed by atoms with E-state index >= 15 is 0 Å². The molecule has 0 radical (unpaired) electrons. The van der Waals surface area contributed by atoms with E-state index in [9.17, 15) is 0 Å². The zero-order valence-corrected chi connectivity index (χ0v) is 10.9. The SMILES string of the molecule is Cc1c(Cl)cccc1N1CCCC(CON)C1. The van der Waals surface area contributed by atoms with Gasteiger partial charge in [-0.1, -0.05) is 17.7 Å². The lowest BCUT2D eigenvalue weighted by Gasteiger charge is -2.35. The summed E-state index contributed by atoms with van der Waals surface area (Å²) < 4.78 is 0. The van der Waals surface area contributed by atoms with E-state index in [2.05, 4.69) is 17.9 Å². The fourth-order valence-electron chi connectivity index (χ4n) is 2.49. The van der Waals surface area contributed by atoms with Gasteiger partial charge in [0, 0.05) is 29.7 Å². The van der Waals surface area contributed by atoms with Crippen molar-refractivity contribution in [2.75, 3.05) is 24.6 Å². The number of nitrogens with zero attached hydrogens (tertiary/aromatic N) is 1. The summed E-state index contributed by atoms with van der Waals surface area (Å²) in [6.07, 6.45) is 2.37. The molecule has 0 amide bonds. The largest absolute Gasteiger partial charge is 0.371 e. The van der Waals surface area contributed by atoms with Gasteiger partial charge in [-0.25, -0.2) is 5.90 Å². The van der Waals surface area contributed by atoms with E-state index < -0.39 is 0 Å². The van der Waals surface area contributed by atoms with E-state index in [1.54, 1.807) is 0 Å². The standard InChI is InChI=1S/C13H19ClN2O/c1-10-12(14)5-2-6-13(10)16-7-3-4-11(8-16)9-17-15/h2,5-6,11H,3-4,7-9,15H2,1H3. The molecule has 1 aliphatic heterocycles. The minimum Gasteiger partial charge on any atom is -0.371 e. The van der Waals surface area contributed by atoms with Crippen LogP contribution in [0, 0.1) is 12.8 Å². The molecule has 2 rings (SSSR count). The summed E-state index contributed by atoms with van der Waals surface area (Å²) in [6, 6.07) is 6.07. The van der Waals surface area contributed by atoms with Gasteiger partial charge < -0.3 is 9.74 Å². The number of anilines is 1. The van der Waals surface area contributed by atoms with Gasteiger partial charge in [-0.05, 0) is 37.5 Å². The Labute approximate surface area is 107 Å². The predicted octanol–water partition coefficient (Wildman–Crippen LogP) is 2.76. The molecule has 1 saturated heterocycles. The van der Waals surface area contributed by atoms with Gasteiger partial charge in [0.25, 0.3) is 0 Å². The molecule has 1 heterocycles. The smallest absolute Gasteiger partial charge is 0.0724 e. The summed E-state index contributed by atoms with van der Waals surface area (Å²) >= 11 is 6.16. The van der Waals surface area contributed by atoms with Crippen molar-refractivity contribution in [3.63, 3.8) is 0 Å². The number of halogens is 1. The molecule has 1 aromatic rings. The van der Waals surface area contributed by atoms with E-state index in [4.69, 9.17) is 22.3 Å². The first-order valence-electron chi connectivity index (χ1n) is 6.04. The highest BCUT2D eigenvalue weighted by Gasteiger charge is 2.21. The van der Waals surface area contributed by atoms with Crippen LogP contribution in [0.3, 0.4) is 0 Å². The Hall–Kier alpha value is -0.770. The number of nitrogens with two attached hydrogens (primary N) is 1. The maximum Gasteiger partial charge on any atom is 0.0724 e. The quantitative estimate of drug-likeness (QED) is 0.843. The Morgan fingerprint density at radius 3 is 3.12 bits per heavy atom. The summed E-state index contributed by atoms with van der Waals surface area (Å²) in [5.74, 6) is 5.68. The van der Waals surface area contributed by atoms with Crippen molar-refractivity contribution in [1.29, 1.82) is 0 Å². The van der Waals surface area contributed by atoms with Crippen LogP contribution in [-0.4, -0.2) is 19.7 Å². The third-order valence-corrected chi connectivity index (χ3v) is 3.84. The van der Waals surface area contributed by atoms with Crippen LogP contribution < -0.4 is 10.8 Å². The first kappa shape index (κ1) is 12.7. The molecule has 1 unspecified atom stereocenters. The number of hydrogen-bond donors (Lipinski definition) is 1. The number of rotatable bonds is 3. The molecule has 0 bridgehead atoms. The van der Waals surface area contributed by atoms with Gasteiger partial charge in [-0.3, -0.25) is 0 Å². The maximum absolute atomic E-state index is 6.16. The molecular weight excluding hydrogens is 236 g/mol. The third-order valence-electron chi connectivity index (χ3n) is 3.43. The molecule has 94 valence electrons. The van der Waals surface area contributed by atoms with Crippen molar-refractivity contribution in [3.05, 3.63) is 28.8 Å². The number of piperidine rings is 1. The zero-order chi connectivity index (χ0) is 12.3. The minimum atomic E-state index is 0.520. The summed E-state index contributed by atoms with van der Waals surface area (Å²) in [5.41, 5.74) is 2.39. The number of benzene rings is 1. The van der Waals surface area contributed by atoms with Crippen LogP contribution in [0.1, 0.15) is 18.4 Å². The van der Waals surface area contributed by atoms with Crippen molar-refractivity contribution in [1.82, 2.24) is 0 Å². The molecule has 1 aliphatic rings. The molecule has 1 aromatic carbocycles. The van der Waals surface area contributed by atoms with Crippen LogP contribution in [0.2, 0.25) is 5.02 Å². The average Bonchev–Trinajstić information content (AvgIpc) is 2.33. The van der Waals surface area contributed by atoms with Gasteiger partial charge in [0.1, 0.15) is 0 Å². The van der Waals surface area contributed by atoms with Crippen molar-refractivity contribution >= 4 is 17.3 Å². The summed E-state index contributed by atoms with van der Waals surface area (Å²) in [7, 11) is 0. The van der Waals surface area contributed by atoms with Crippen molar-refractivity contribution in [2.24, 2.45) is 11.8 Å². The van der Waals surface area contributed by atoms with E-state index in [0.29, 0.717) is 12.5 Å². The molecule has 1 fully saturated rings. The molecule has 0 aliphatic carbocycles. The van der Waals surface area contributed by atoms with E-state index in [1.165, 1.54) is 18.5 Å². The lowest BCUT2D eigenvalue weighted by atomic mass is 9.98. The van der Waals surface area contributed by atoms with Crippen LogP contribution in [0.25, 0.3) is 0 Å². The Balaban J connectivity index is 2.13. The second-order valence-corrected chi connectivity index (χ2v) is 5.08. The highest BCUT2D eigenvalue weighted by Crippen LogP contribution is 2.29. The summed E-state index contributed by atoms with van der Waals surface area (Å²) in [6.45, 7) is 4.79. The Morgan fingerprint density at radius 2 is 2.35 bits per heavy atom. The molecule has 1 atom stereocenters. The fourth-order valence-corrected chi connectivity index (χ4v) is 2.66. The fraction of sp³-hybridized carbons (Fsp3) is 0.538. The summed E-state index contributed by atoms with van der Waals surface area (Å²) in [5, 5.41) is 0.833. The minimum absolute atomic E-state index is 0.520. The lowest BCUT2D eigenvalue weighted by molar-refractivity contribution is 0.0951. The molecular formula is C13H19ClN2O. The second kappa shape index (κ2) is 5.71. The van der Waals surface area contributed by atoms with Crippen LogP contribution >= 0.6 is 11.6 Å². The van der Waals surface area contributed by atoms with E-state index in [0.717, 1.165) is 23.7 Å². The Morgan fingerprint density at radius 1 is 1.53 bits per heavy atom. The number of hydrogen-bond acceptors (Lipinski definition) is 3. The molecule has 0 aromatic heterocycles. The van der Waals surface area contributed by atoms with Crippen molar-refractivity contribution < 1.29 is 4.84 Å². The van der Waals surface area contributed by atoms with Gasteiger partial charge in [-0.15, -0.1) is 0 Å². The van der Waals surface area contributed by atoms with Crippen LogP contribution in [0.5, 0.6) is 0 Å². The third kappa shape index (κ3) is 2.92. The van der Waals surface area contributed by atoms with E-state index in [-0.39, 0.29) is 0 Å². The molecule has 17 heavy (non-hydrogen) atoms. The molecule has 0 saturated carbocycles. The Bertz CT molecular complexity index is 382. The van der Waals surface area contributed by atoms with Gasteiger partial charge in [0.15, 0.2) is 0 Å². The summed E-state index contributed by atoms with van der Waals surface area (Å²) in [4.78, 5) is 7.15. The normalized spacial score (nSPS) is 20.6. The van der Waals surface area contributed by atoms with Crippen LogP contribution in [0.4, 0.5) is 5.69 Å². The second-order valence-electron chi connectivity index (χ2n) is 4.67. The van der Waals surface area contributed by atoms with Gasteiger partial charge >= 0.3 is 0 Å². The van der Waals surface area contributed by atoms with E-state index in [1.807, 2.05) is 12.1 Å². The predicted molar refractivity (Wildman–Crippen MR) is 71.3 cm³/mol. The maximum atomic E-state index is 6.16. The molecule has 3 nitrogen and oxygen atoms in total. The topological polar surface area (TPSA) is 38.5 Å². The van der Waals surface area contributed by atoms with Gasteiger partial charge in [-0.2, -0.15) is 0 Å². The van der Waals surface area contributed by atoms with Gasteiger partial charge in [0.2, 0.25) is 0 Å². The van der Waals surface area contributed by atoms with Crippen LogP contribution in [-0.2, 0) is 4.84 Å². The highest BCUT2D eigenvalue weighted by molar-refractivity contribution is 6.31. The Kier molecular flexibility index (Phi) is 4.26. The van der Waals surface area contributed by atoms with Crippen LogP contribution in [0.15, 0.2) is 18.2 Å². The lowest BCUT2D eigenvalue weighted by Crippen LogP contribution is -2.38. The first-order valence-corrected chi connectivity index (χ1v) is 6.42. The highest BCUT2D eigenvalue weighted by atomic mass is 35.5. The molecule has 4 heteroatoms. The van der Waals surface area contributed by atoms with Crippen molar-refractivity contribution in [2.45, 2.75) is 19.8 Å². The average molecular weight is 255 g/mol. The first-order chi connectivity index (χ1) is 8.22. The monoisotopic (exact) mass is 254 g/mol. The molecule has 0 spiro atoms. The molecule has 2 N–H and O–H groups in total.